The van der Waals surface area contributed by atoms with Crippen molar-refractivity contribution in [1.29, 1.82) is 0 Å². The molecule has 1 aromatic heterocycles. The van der Waals surface area contributed by atoms with Crippen LogP contribution in [-0.4, -0.2) is 24.2 Å². The summed E-state index contributed by atoms with van der Waals surface area (Å²) in [4.78, 5) is 7.89. The number of anilines is 1. The van der Waals surface area contributed by atoms with Crippen LogP contribution in [0.2, 0.25) is 0 Å². The predicted molar refractivity (Wildman–Crippen MR) is 82.9 cm³/mol. The van der Waals surface area contributed by atoms with Crippen molar-refractivity contribution in [3.8, 4) is 0 Å². The number of hydrogen-bond donors (Lipinski definition) is 0. The third-order valence-electron chi connectivity index (χ3n) is 3.44. The molecular weight excluding hydrogens is 268 g/mol. The fraction of sp³-hybridized carbons (Fsp3) is 0.312. The molecule has 3 nitrogen and oxygen atoms in total. The molecule has 1 saturated heterocycles. The zero-order valence-corrected chi connectivity index (χ0v) is 12.1. The Morgan fingerprint density at radius 2 is 1.75 bits per heavy atom. The summed E-state index contributed by atoms with van der Waals surface area (Å²) in [5.41, 5.74) is 0. The Morgan fingerprint density at radius 1 is 1.00 bits per heavy atom. The molecule has 20 heavy (non-hydrogen) atoms. The van der Waals surface area contributed by atoms with E-state index >= 15 is 0 Å². The van der Waals surface area contributed by atoms with E-state index in [4.69, 9.17) is 4.18 Å². The van der Waals surface area contributed by atoms with Crippen molar-refractivity contribution in [2.75, 3.05) is 18.0 Å². The van der Waals surface area contributed by atoms with Gasteiger partial charge in [0.1, 0.15) is 5.82 Å². The summed E-state index contributed by atoms with van der Waals surface area (Å²) >= 11 is 1.49. The zero-order valence-electron chi connectivity index (χ0n) is 11.3. The van der Waals surface area contributed by atoms with Crippen LogP contribution in [0.15, 0.2) is 59.6 Å². The van der Waals surface area contributed by atoms with Crippen LogP contribution >= 0.6 is 12.0 Å². The van der Waals surface area contributed by atoms with Gasteiger partial charge in [0.25, 0.3) is 0 Å². The minimum atomic E-state index is 0.333. The van der Waals surface area contributed by atoms with Gasteiger partial charge >= 0.3 is 0 Å². The number of hydrogen-bond acceptors (Lipinski definition) is 4. The van der Waals surface area contributed by atoms with Crippen LogP contribution in [0.1, 0.15) is 12.8 Å². The van der Waals surface area contributed by atoms with E-state index in [-0.39, 0.29) is 0 Å². The number of benzene rings is 1. The van der Waals surface area contributed by atoms with Gasteiger partial charge in [-0.1, -0.05) is 24.3 Å². The van der Waals surface area contributed by atoms with E-state index in [0.717, 1.165) is 31.7 Å². The van der Waals surface area contributed by atoms with Gasteiger partial charge in [-0.2, -0.15) is 0 Å². The molecule has 0 amide bonds. The number of aromatic nitrogens is 1. The van der Waals surface area contributed by atoms with E-state index in [0.29, 0.717) is 6.10 Å². The lowest BCUT2D eigenvalue weighted by molar-refractivity contribution is 0.204. The lowest BCUT2D eigenvalue weighted by Crippen LogP contribution is -2.36. The Balaban J connectivity index is 1.47. The molecule has 1 aliphatic heterocycles. The highest BCUT2D eigenvalue weighted by Crippen LogP contribution is 2.26. The molecule has 3 rings (SSSR count). The van der Waals surface area contributed by atoms with Crippen molar-refractivity contribution < 1.29 is 4.18 Å². The maximum atomic E-state index is 5.92. The minimum Gasteiger partial charge on any atom is -0.356 e. The molecule has 0 atom stereocenters. The summed E-state index contributed by atoms with van der Waals surface area (Å²) in [6.07, 6.45) is 4.29. The van der Waals surface area contributed by atoms with Gasteiger partial charge in [0.05, 0.1) is 6.10 Å². The Labute approximate surface area is 124 Å². The van der Waals surface area contributed by atoms with Crippen molar-refractivity contribution in [2.45, 2.75) is 23.8 Å². The lowest BCUT2D eigenvalue weighted by Gasteiger charge is -2.32. The largest absolute Gasteiger partial charge is 0.356 e. The van der Waals surface area contributed by atoms with Gasteiger partial charge in [-0.25, -0.2) is 4.98 Å². The van der Waals surface area contributed by atoms with E-state index in [9.17, 15) is 0 Å². The van der Waals surface area contributed by atoms with Gasteiger partial charge in [-0.05, 0) is 37.1 Å². The highest BCUT2D eigenvalue weighted by Gasteiger charge is 2.20. The van der Waals surface area contributed by atoms with Crippen LogP contribution in [0.25, 0.3) is 0 Å². The number of rotatable bonds is 4. The number of piperidine rings is 1. The van der Waals surface area contributed by atoms with Crippen LogP contribution in [0, 0.1) is 0 Å². The monoisotopic (exact) mass is 286 g/mol. The summed E-state index contributed by atoms with van der Waals surface area (Å²) in [6, 6.07) is 16.3. The molecule has 0 N–H and O–H groups in total. The SMILES string of the molecule is c1ccc(SOC2CCN(c3ccccn3)CC2)cc1. The summed E-state index contributed by atoms with van der Waals surface area (Å²) < 4.78 is 5.92. The molecular formula is C16H18N2OS. The van der Waals surface area contributed by atoms with E-state index < -0.39 is 0 Å². The molecule has 1 aliphatic rings. The van der Waals surface area contributed by atoms with Crippen molar-refractivity contribution in [2.24, 2.45) is 0 Å². The van der Waals surface area contributed by atoms with Gasteiger partial charge in [0, 0.05) is 36.2 Å². The van der Waals surface area contributed by atoms with Crippen molar-refractivity contribution >= 4 is 17.9 Å². The van der Waals surface area contributed by atoms with Gasteiger partial charge < -0.3 is 9.08 Å². The minimum absolute atomic E-state index is 0.333. The average Bonchev–Trinajstić information content (AvgIpc) is 2.55. The quantitative estimate of drug-likeness (QED) is 0.799. The Morgan fingerprint density at radius 3 is 2.45 bits per heavy atom. The van der Waals surface area contributed by atoms with Crippen LogP contribution < -0.4 is 4.90 Å². The second-order valence-corrected chi connectivity index (χ2v) is 5.70. The molecule has 104 valence electrons. The molecule has 0 unspecified atom stereocenters. The molecule has 4 heteroatoms. The molecule has 2 heterocycles. The first-order chi connectivity index (χ1) is 9.92. The first-order valence-corrected chi connectivity index (χ1v) is 7.70. The molecule has 0 aliphatic carbocycles. The van der Waals surface area contributed by atoms with E-state index in [1.54, 1.807) is 0 Å². The van der Waals surface area contributed by atoms with Gasteiger partial charge in [0.2, 0.25) is 0 Å². The van der Waals surface area contributed by atoms with E-state index in [1.165, 1.54) is 16.9 Å². The molecule has 0 bridgehead atoms. The van der Waals surface area contributed by atoms with Crippen LogP contribution in [0.4, 0.5) is 5.82 Å². The Hall–Kier alpha value is -1.52. The Kier molecular flexibility index (Phi) is 4.56. The third kappa shape index (κ3) is 3.52. The second-order valence-electron chi connectivity index (χ2n) is 4.87. The molecule has 0 spiro atoms. The van der Waals surface area contributed by atoms with E-state index in [1.807, 2.05) is 36.5 Å². The maximum Gasteiger partial charge on any atom is 0.128 e. The smallest absolute Gasteiger partial charge is 0.128 e. The molecule has 0 saturated carbocycles. The second kappa shape index (κ2) is 6.77. The topological polar surface area (TPSA) is 25.4 Å². The maximum absolute atomic E-state index is 5.92. The Bertz CT molecular complexity index is 513. The van der Waals surface area contributed by atoms with Crippen molar-refractivity contribution in [3.63, 3.8) is 0 Å². The summed E-state index contributed by atoms with van der Waals surface area (Å²) in [5, 5.41) is 0. The summed E-state index contributed by atoms with van der Waals surface area (Å²) in [7, 11) is 0. The first-order valence-electron chi connectivity index (χ1n) is 6.96. The average molecular weight is 286 g/mol. The zero-order chi connectivity index (χ0) is 13.6. The molecule has 1 fully saturated rings. The van der Waals surface area contributed by atoms with Crippen molar-refractivity contribution in [1.82, 2.24) is 4.98 Å². The molecule has 1 aromatic carbocycles. The van der Waals surface area contributed by atoms with Crippen LogP contribution in [0.5, 0.6) is 0 Å². The summed E-state index contributed by atoms with van der Waals surface area (Å²) in [5.74, 6) is 1.07. The van der Waals surface area contributed by atoms with Crippen LogP contribution in [-0.2, 0) is 4.18 Å². The highest BCUT2D eigenvalue weighted by atomic mass is 32.2. The normalized spacial score (nSPS) is 16.3. The predicted octanol–water partition coefficient (Wildman–Crippen LogP) is 3.77. The number of nitrogens with zero attached hydrogens (tertiary/aromatic N) is 2. The summed E-state index contributed by atoms with van der Waals surface area (Å²) in [6.45, 7) is 2.02. The fourth-order valence-corrected chi connectivity index (χ4v) is 3.03. The number of pyridine rings is 1. The van der Waals surface area contributed by atoms with E-state index in [2.05, 4.69) is 28.1 Å². The van der Waals surface area contributed by atoms with Crippen LogP contribution in [0.3, 0.4) is 0 Å². The van der Waals surface area contributed by atoms with Crippen molar-refractivity contribution in [3.05, 3.63) is 54.7 Å². The molecule has 0 radical (unpaired) electrons. The van der Waals surface area contributed by atoms with Gasteiger partial charge in [-0.15, -0.1) is 0 Å². The highest BCUT2D eigenvalue weighted by molar-refractivity contribution is 7.94. The lowest BCUT2D eigenvalue weighted by atomic mass is 10.1. The third-order valence-corrected chi connectivity index (χ3v) is 4.27. The fourth-order valence-electron chi connectivity index (χ4n) is 2.32. The standard InChI is InChI=1S/C16H18N2OS/c1-2-6-15(7-3-1)20-19-14-9-12-18(13-10-14)16-8-4-5-11-17-16/h1-8,11,14H,9-10,12-13H2. The molecule has 2 aromatic rings. The van der Waals surface area contributed by atoms with Gasteiger partial charge in [0.15, 0.2) is 0 Å². The first kappa shape index (κ1) is 13.5. The van der Waals surface area contributed by atoms with Gasteiger partial charge in [-0.3, -0.25) is 0 Å².